The first-order valence-electron chi connectivity index (χ1n) is 13.2. The van der Waals surface area contributed by atoms with E-state index in [-0.39, 0.29) is 5.41 Å². The van der Waals surface area contributed by atoms with Crippen LogP contribution in [0.5, 0.6) is 0 Å². The first-order valence-corrected chi connectivity index (χ1v) is 19.5. The van der Waals surface area contributed by atoms with Gasteiger partial charge in [0.25, 0.3) is 0 Å². The van der Waals surface area contributed by atoms with Crippen molar-refractivity contribution >= 4 is 38.9 Å². The number of fused-ring (bicyclic) bond motifs is 2. The summed E-state index contributed by atoms with van der Waals surface area (Å²) in [4.78, 5) is 4.86. The van der Waals surface area contributed by atoms with Crippen molar-refractivity contribution < 1.29 is 0 Å². The van der Waals surface area contributed by atoms with E-state index in [4.69, 9.17) is 4.98 Å². The van der Waals surface area contributed by atoms with Gasteiger partial charge in [-0.25, -0.2) is 0 Å². The van der Waals surface area contributed by atoms with E-state index < -0.39 is 13.3 Å². The summed E-state index contributed by atoms with van der Waals surface area (Å²) in [5.74, 6) is 5.07. The summed E-state index contributed by atoms with van der Waals surface area (Å²) in [5, 5.41) is 2.62. The van der Waals surface area contributed by atoms with Crippen LogP contribution in [0.15, 0.2) is 72.9 Å². The molecule has 184 valence electrons. The fraction of sp³-hybridized carbons (Fsp3) is 0.324. The molecule has 2 heteroatoms. The molecule has 1 nitrogen and oxygen atoms in total. The summed E-state index contributed by atoms with van der Waals surface area (Å²) in [6.45, 7) is 13.9. The van der Waals surface area contributed by atoms with Crippen molar-refractivity contribution in [1.29, 1.82) is 0 Å². The number of aromatic nitrogens is 1. The summed E-state index contributed by atoms with van der Waals surface area (Å²) in [7, 11) is 0. The molecule has 0 unspecified atom stereocenters. The SMILES string of the molecule is CC(C)(C)Cc1cc[c]2c(c1)C=[C](c1ccnc(-c3cc(C(C)(C)C)c4ccccc4c3)c1)[Ge]2([CH3])[CH3]. The van der Waals surface area contributed by atoms with E-state index in [1.54, 1.807) is 8.80 Å². The Hall–Kier alpha value is -2.65. The Kier molecular flexibility index (Phi) is 6.07. The molecule has 1 aliphatic heterocycles. The van der Waals surface area contributed by atoms with E-state index in [2.05, 4.69) is 126 Å². The third-order valence-electron chi connectivity index (χ3n) is 7.53. The van der Waals surface area contributed by atoms with Gasteiger partial charge in [0.15, 0.2) is 0 Å². The average molecular weight is 534 g/mol. The molecular formula is C34H39GeN. The average Bonchev–Trinajstić information content (AvgIpc) is 3.06. The molecule has 0 saturated heterocycles. The molecule has 0 atom stereocenters. The van der Waals surface area contributed by atoms with Crippen molar-refractivity contribution in [3.63, 3.8) is 0 Å². The zero-order valence-electron chi connectivity index (χ0n) is 23.2. The van der Waals surface area contributed by atoms with Gasteiger partial charge in [-0.2, -0.15) is 0 Å². The van der Waals surface area contributed by atoms with Crippen LogP contribution in [0.25, 0.3) is 32.5 Å². The van der Waals surface area contributed by atoms with Gasteiger partial charge in [-0.3, -0.25) is 0 Å². The van der Waals surface area contributed by atoms with Gasteiger partial charge in [0, 0.05) is 0 Å². The van der Waals surface area contributed by atoms with Crippen LogP contribution in [0.4, 0.5) is 0 Å². The van der Waals surface area contributed by atoms with Gasteiger partial charge >= 0.3 is 221 Å². The van der Waals surface area contributed by atoms with Gasteiger partial charge in [0.05, 0.1) is 0 Å². The minimum atomic E-state index is -2.40. The first-order chi connectivity index (χ1) is 16.8. The van der Waals surface area contributed by atoms with Crippen LogP contribution in [-0.4, -0.2) is 18.3 Å². The van der Waals surface area contributed by atoms with Gasteiger partial charge in [-0.1, -0.05) is 0 Å². The molecule has 4 aromatic rings. The molecule has 0 aliphatic carbocycles. The van der Waals surface area contributed by atoms with E-state index in [1.807, 2.05) is 6.20 Å². The number of benzene rings is 3. The predicted molar refractivity (Wildman–Crippen MR) is 160 cm³/mol. The third kappa shape index (κ3) is 4.71. The van der Waals surface area contributed by atoms with Crippen molar-refractivity contribution in [2.75, 3.05) is 0 Å². The molecule has 3 aromatic carbocycles. The molecule has 0 saturated carbocycles. The Morgan fingerprint density at radius 2 is 1.53 bits per heavy atom. The predicted octanol–water partition coefficient (Wildman–Crippen LogP) is 8.80. The molecule has 0 N–H and O–H groups in total. The minimum absolute atomic E-state index is 0.0605. The standard InChI is InChI=1S/C34H39GeN/c1-33(2,3)22-23-13-14-30-26(17-23)20-31(35(30,7)8)25-15-16-36-32(21-25)27-18-24-11-9-10-12-28(24)29(19-27)34(4,5)6/h9-21H,22H2,1-8H3. The number of nitrogens with zero attached hydrogens (tertiary/aromatic N) is 1. The van der Waals surface area contributed by atoms with Crippen LogP contribution in [0.3, 0.4) is 0 Å². The van der Waals surface area contributed by atoms with Crippen LogP contribution in [0, 0.1) is 5.41 Å². The monoisotopic (exact) mass is 535 g/mol. The Balaban J connectivity index is 1.59. The van der Waals surface area contributed by atoms with Crippen LogP contribution in [-0.2, 0) is 11.8 Å². The zero-order chi connectivity index (χ0) is 25.9. The van der Waals surface area contributed by atoms with Gasteiger partial charge in [-0.05, 0) is 0 Å². The van der Waals surface area contributed by atoms with Gasteiger partial charge in [0.1, 0.15) is 0 Å². The molecule has 0 fully saturated rings. The van der Waals surface area contributed by atoms with Crippen molar-refractivity contribution in [2.24, 2.45) is 5.41 Å². The molecule has 1 aliphatic rings. The normalized spacial score (nSPS) is 15.2. The van der Waals surface area contributed by atoms with E-state index in [9.17, 15) is 0 Å². The van der Waals surface area contributed by atoms with E-state index in [0.29, 0.717) is 5.41 Å². The van der Waals surface area contributed by atoms with Crippen molar-refractivity contribution in [1.82, 2.24) is 4.98 Å². The van der Waals surface area contributed by atoms with Gasteiger partial charge < -0.3 is 0 Å². The van der Waals surface area contributed by atoms with Crippen molar-refractivity contribution in [3.8, 4) is 11.3 Å². The van der Waals surface area contributed by atoms with Crippen LogP contribution < -0.4 is 4.40 Å². The molecule has 0 bridgehead atoms. The fourth-order valence-electron chi connectivity index (χ4n) is 5.78. The topological polar surface area (TPSA) is 12.9 Å². The van der Waals surface area contributed by atoms with E-state index in [0.717, 1.165) is 12.1 Å². The number of pyridine rings is 1. The Bertz CT molecular complexity index is 1490. The molecule has 0 radical (unpaired) electrons. The van der Waals surface area contributed by atoms with Crippen LogP contribution >= 0.6 is 0 Å². The Morgan fingerprint density at radius 1 is 0.778 bits per heavy atom. The fourth-order valence-corrected chi connectivity index (χ4v) is 12.2. The quantitative estimate of drug-likeness (QED) is 0.240. The number of hydrogen-bond acceptors (Lipinski definition) is 1. The molecule has 0 spiro atoms. The zero-order valence-corrected chi connectivity index (χ0v) is 25.3. The molecule has 5 rings (SSSR count). The molecule has 36 heavy (non-hydrogen) atoms. The molecule has 2 heterocycles. The second-order valence-corrected chi connectivity index (χ2v) is 22.3. The second kappa shape index (κ2) is 8.73. The summed E-state index contributed by atoms with van der Waals surface area (Å²) in [6.07, 6.45) is 5.60. The summed E-state index contributed by atoms with van der Waals surface area (Å²) < 4.78 is 3.15. The summed E-state index contributed by atoms with van der Waals surface area (Å²) >= 11 is -2.40. The van der Waals surface area contributed by atoms with Crippen LogP contribution in [0.1, 0.15) is 63.8 Å². The van der Waals surface area contributed by atoms with Crippen molar-refractivity contribution in [2.45, 2.75) is 64.9 Å². The van der Waals surface area contributed by atoms with Gasteiger partial charge in [0.2, 0.25) is 0 Å². The van der Waals surface area contributed by atoms with Gasteiger partial charge in [-0.15, -0.1) is 0 Å². The number of hydrogen-bond donors (Lipinski definition) is 0. The maximum absolute atomic E-state index is 4.86. The Labute approximate surface area is 220 Å². The van der Waals surface area contributed by atoms with E-state index >= 15 is 0 Å². The van der Waals surface area contributed by atoms with Crippen LogP contribution in [0.2, 0.25) is 11.5 Å². The molecule has 0 amide bonds. The summed E-state index contributed by atoms with van der Waals surface area (Å²) in [5.41, 5.74) is 8.21. The first kappa shape index (κ1) is 25.0. The third-order valence-corrected chi connectivity index (χ3v) is 15.0. The molecular weight excluding hydrogens is 495 g/mol. The van der Waals surface area contributed by atoms with E-state index in [1.165, 1.54) is 38.6 Å². The van der Waals surface area contributed by atoms with Crippen molar-refractivity contribution in [3.05, 3.63) is 95.2 Å². The Morgan fingerprint density at radius 3 is 2.25 bits per heavy atom. The second-order valence-electron chi connectivity index (χ2n) is 13.3. The summed E-state index contributed by atoms with van der Waals surface area (Å²) in [6, 6.07) is 25.2. The number of rotatable bonds is 3. The maximum atomic E-state index is 4.86. The molecule has 1 aromatic heterocycles.